The number of aromatic nitrogens is 2. The van der Waals surface area contributed by atoms with Gasteiger partial charge in [0, 0.05) is 43.1 Å². The van der Waals surface area contributed by atoms with Crippen molar-refractivity contribution in [2.24, 2.45) is 0 Å². The van der Waals surface area contributed by atoms with Crippen molar-refractivity contribution >= 4 is 17.7 Å². The summed E-state index contributed by atoms with van der Waals surface area (Å²) >= 11 is 6.14. The van der Waals surface area contributed by atoms with Crippen molar-refractivity contribution in [3.05, 3.63) is 92.6 Å². The number of carbonyl (C=O) groups is 1. The van der Waals surface area contributed by atoms with Gasteiger partial charge < -0.3 is 19.3 Å². The Morgan fingerprint density at radius 2 is 1.86 bits per heavy atom. The number of halogens is 1. The van der Waals surface area contributed by atoms with Crippen molar-refractivity contribution in [2.75, 3.05) is 32.8 Å². The second-order valence-corrected chi connectivity index (χ2v) is 8.91. The third kappa shape index (κ3) is 5.49. The van der Waals surface area contributed by atoms with E-state index in [-0.39, 0.29) is 17.4 Å². The minimum Gasteiger partial charge on any atom is -0.507 e. The molecule has 0 saturated carbocycles. The van der Waals surface area contributed by atoms with Crippen LogP contribution in [0, 0.1) is 6.92 Å². The van der Waals surface area contributed by atoms with Crippen LogP contribution in [0.5, 0.6) is 5.75 Å². The number of nitrogens with zero attached hydrogens (tertiary/aromatic N) is 4. The fourth-order valence-corrected chi connectivity index (χ4v) is 4.58. The molecule has 3 heterocycles. The number of carbonyl (C=O) groups excluding carboxylic acids is 1. The summed E-state index contributed by atoms with van der Waals surface area (Å²) < 4.78 is 6.77. The summed E-state index contributed by atoms with van der Waals surface area (Å²) in [6.07, 6.45) is 1.35. The Balaban J connectivity index is 1.74. The predicted molar refractivity (Wildman–Crippen MR) is 134 cm³/mol. The molecule has 184 valence electrons. The second-order valence-electron chi connectivity index (χ2n) is 8.47. The van der Waals surface area contributed by atoms with Gasteiger partial charge in [0.05, 0.1) is 30.5 Å². The summed E-state index contributed by atoms with van der Waals surface area (Å²) in [5.41, 5.74) is 2.24. The molecule has 0 aliphatic carbocycles. The monoisotopic (exact) mass is 496 g/mol. The van der Waals surface area contributed by atoms with E-state index in [1.807, 2.05) is 30.3 Å². The highest BCUT2D eigenvalue weighted by atomic mass is 35.5. The van der Waals surface area contributed by atoms with Gasteiger partial charge in [0.25, 0.3) is 5.56 Å². The molecule has 0 radical (unpaired) electrons. The zero-order valence-corrected chi connectivity index (χ0v) is 20.6. The molecule has 1 atom stereocenters. The van der Waals surface area contributed by atoms with Crippen LogP contribution >= 0.6 is 11.6 Å². The molecule has 1 saturated heterocycles. The van der Waals surface area contributed by atoms with E-state index in [9.17, 15) is 14.7 Å². The van der Waals surface area contributed by atoms with Gasteiger partial charge in [-0.25, -0.2) is 4.79 Å². The van der Waals surface area contributed by atoms with Gasteiger partial charge in [0.1, 0.15) is 5.75 Å². The van der Waals surface area contributed by atoms with E-state index in [0.29, 0.717) is 55.6 Å². The number of rotatable bonds is 6. The van der Waals surface area contributed by atoms with Gasteiger partial charge in [-0.15, -0.1) is 0 Å². The smallest absolute Gasteiger partial charge is 0.409 e. The Morgan fingerprint density at radius 3 is 2.49 bits per heavy atom. The van der Waals surface area contributed by atoms with Crippen LogP contribution in [0.4, 0.5) is 4.79 Å². The first kappa shape index (κ1) is 24.8. The highest BCUT2D eigenvalue weighted by Gasteiger charge is 2.32. The standard InChI is InChI=1S/C26H29ClN4O4/c1-3-35-26(34)30-14-12-29(13-15-30)24(19-7-9-20(27)10-8-19)23-22(32)16-18(2)31(25(23)33)17-21-6-4-5-11-28-21/h4-11,16,24,32H,3,12-15,17H2,1-2H3/t24-/m1/s1. The van der Waals surface area contributed by atoms with Gasteiger partial charge in [-0.2, -0.15) is 0 Å². The van der Waals surface area contributed by atoms with Gasteiger partial charge in [-0.3, -0.25) is 14.7 Å². The van der Waals surface area contributed by atoms with Crippen LogP contribution in [-0.4, -0.2) is 63.3 Å². The number of benzene rings is 1. The van der Waals surface area contributed by atoms with E-state index in [0.717, 1.165) is 11.3 Å². The largest absolute Gasteiger partial charge is 0.507 e. The SMILES string of the molecule is CCOC(=O)N1CCN([C@H](c2ccc(Cl)cc2)c2c(O)cc(C)n(Cc3ccccn3)c2=O)CC1. The van der Waals surface area contributed by atoms with Crippen LogP contribution in [0.3, 0.4) is 0 Å². The highest BCUT2D eigenvalue weighted by molar-refractivity contribution is 6.30. The number of ether oxygens (including phenoxy) is 1. The summed E-state index contributed by atoms with van der Waals surface area (Å²) in [6.45, 7) is 6.12. The summed E-state index contributed by atoms with van der Waals surface area (Å²) in [6, 6.07) is 14.0. The molecule has 1 N–H and O–H groups in total. The molecule has 2 aromatic heterocycles. The first-order valence-electron chi connectivity index (χ1n) is 11.6. The van der Waals surface area contributed by atoms with Crippen molar-refractivity contribution in [3.8, 4) is 5.75 Å². The normalized spacial score (nSPS) is 15.1. The molecule has 1 amide bonds. The second kappa shape index (κ2) is 10.9. The van der Waals surface area contributed by atoms with Gasteiger partial charge in [0.2, 0.25) is 0 Å². The Morgan fingerprint density at radius 1 is 1.14 bits per heavy atom. The summed E-state index contributed by atoms with van der Waals surface area (Å²) in [5.74, 6) is -0.0578. The summed E-state index contributed by atoms with van der Waals surface area (Å²) in [4.78, 5) is 34.1. The molecule has 4 rings (SSSR count). The number of aryl methyl sites for hydroxylation is 1. The van der Waals surface area contributed by atoms with Crippen LogP contribution in [0.1, 0.15) is 35.5 Å². The molecule has 1 aliphatic heterocycles. The Kier molecular flexibility index (Phi) is 7.73. The lowest BCUT2D eigenvalue weighted by molar-refractivity contribution is 0.0709. The number of hydrogen-bond donors (Lipinski definition) is 1. The van der Waals surface area contributed by atoms with Crippen LogP contribution in [0.15, 0.2) is 59.5 Å². The minimum absolute atomic E-state index is 0.0578. The van der Waals surface area contributed by atoms with Crippen molar-refractivity contribution in [3.63, 3.8) is 0 Å². The molecule has 0 bridgehead atoms. The molecule has 0 unspecified atom stereocenters. The number of aromatic hydroxyl groups is 1. The predicted octanol–water partition coefficient (Wildman–Crippen LogP) is 3.82. The molecule has 9 heteroatoms. The molecule has 8 nitrogen and oxygen atoms in total. The molecule has 0 spiro atoms. The van der Waals surface area contributed by atoms with E-state index < -0.39 is 6.04 Å². The topological polar surface area (TPSA) is 87.9 Å². The number of piperazine rings is 1. The Bertz CT molecular complexity index is 1220. The number of hydrogen-bond acceptors (Lipinski definition) is 6. The van der Waals surface area contributed by atoms with Crippen LogP contribution in [0.25, 0.3) is 0 Å². The molecule has 3 aromatic rings. The molecule has 1 aliphatic rings. The first-order chi connectivity index (χ1) is 16.9. The van der Waals surface area contributed by atoms with Crippen LogP contribution in [-0.2, 0) is 11.3 Å². The molecular weight excluding hydrogens is 468 g/mol. The van der Waals surface area contributed by atoms with E-state index >= 15 is 0 Å². The number of pyridine rings is 2. The van der Waals surface area contributed by atoms with Crippen molar-refractivity contribution in [2.45, 2.75) is 26.4 Å². The average Bonchev–Trinajstić information content (AvgIpc) is 2.86. The summed E-state index contributed by atoms with van der Waals surface area (Å²) in [7, 11) is 0. The highest BCUT2D eigenvalue weighted by Crippen LogP contribution is 2.34. The Labute approximate surface area is 209 Å². The van der Waals surface area contributed by atoms with E-state index in [1.54, 1.807) is 47.7 Å². The minimum atomic E-state index is -0.514. The van der Waals surface area contributed by atoms with Crippen LogP contribution < -0.4 is 5.56 Å². The van der Waals surface area contributed by atoms with Crippen LogP contribution in [0.2, 0.25) is 5.02 Å². The van der Waals surface area contributed by atoms with E-state index in [2.05, 4.69) is 9.88 Å². The maximum Gasteiger partial charge on any atom is 0.409 e. The molecule has 35 heavy (non-hydrogen) atoms. The molecular formula is C26H29ClN4O4. The van der Waals surface area contributed by atoms with Gasteiger partial charge in [0.15, 0.2) is 0 Å². The lowest BCUT2D eigenvalue weighted by atomic mass is 9.96. The van der Waals surface area contributed by atoms with Gasteiger partial charge in [-0.1, -0.05) is 29.8 Å². The number of amides is 1. The lowest BCUT2D eigenvalue weighted by Gasteiger charge is -2.39. The third-order valence-corrected chi connectivity index (χ3v) is 6.49. The van der Waals surface area contributed by atoms with Crippen molar-refractivity contribution in [1.29, 1.82) is 0 Å². The van der Waals surface area contributed by atoms with E-state index in [4.69, 9.17) is 16.3 Å². The average molecular weight is 497 g/mol. The fraction of sp³-hybridized carbons (Fsp3) is 0.346. The quantitative estimate of drug-likeness (QED) is 0.558. The zero-order chi connectivity index (χ0) is 24.9. The maximum atomic E-state index is 13.8. The third-order valence-electron chi connectivity index (χ3n) is 6.23. The van der Waals surface area contributed by atoms with Crippen molar-refractivity contribution < 1.29 is 14.6 Å². The van der Waals surface area contributed by atoms with Gasteiger partial charge in [-0.05, 0) is 49.7 Å². The lowest BCUT2D eigenvalue weighted by Crippen LogP contribution is -2.50. The zero-order valence-electron chi connectivity index (χ0n) is 19.9. The fourth-order valence-electron chi connectivity index (χ4n) is 4.46. The Hall–Kier alpha value is -3.36. The van der Waals surface area contributed by atoms with E-state index in [1.165, 1.54) is 0 Å². The maximum absolute atomic E-state index is 13.8. The molecule has 1 aromatic carbocycles. The molecule has 1 fully saturated rings. The van der Waals surface area contributed by atoms with Crippen molar-refractivity contribution in [1.82, 2.24) is 19.4 Å². The first-order valence-corrected chi connectivity index (χ1v) is 12.0. The van der Waals surface area contributed by atoms with Gasteiger partial charge >= 0.3 is 6.09 Å². The summed E-state index contributed by atoms with van der Waals surface area (Å²) in [5, 5.41) is 11.6.